The van der Waals surface area contributed by atoms with E-state index in [0.29, 0.717) is 5.92 Å². The van der Waals surface area contributed by atoms with E-state index in [9.17, 15) is 20.0 Å². The van der Waals surface area contributed by atoms with Gasteiger partial charge in [0.2, 0.25) is 5.91 Å². The van der Waals surface area contributed by atoms with Crippen molar-refractivity contribution in [3.05, 3.63) is 45.3 Å². The van der Waals surface area contributed by atoms with Gasteiger partial charge < -0.3 is 20.1 Å². The molecule has 182 valence electrons. The number of rotatable bonds is 6. The molecule has 5 rings (SSSR count). The maximum atomic E-state index is 14.0. The molecular formula is C25H32N3O5S+. The van der Waals surface area contributed by atoms with Crippen molar-refractivity contribution in [3.63, 3.8) is 0 Å². The van der Waals surface area contributed by atoms with E-state index in [-0.39, 0.29) is 23.6 Å². The third-order valence-electron chi connectivity index (χ3n) is 7.46. The fourth-order valence-electron chi connectivity index (χ4n) is 5.34. The number of nitro benzene ring substituents is 1. The summed E-state index contributed by atoms with van der Waals surface area (Å²) in [5.41, 5.74) is 1.74. The minimum Gasteiger partial charge on any atom is -0.365 e. The number of quaternary nitrogens is 1. The second-order valence-corrected chi connectivity index (χ2v) is 11.0. The van der Waals surface area contributed by atoms with Gasteiger partial charge in [0.1, 0.15) is 6.10 Å². The number of piperidine rings is 1. The lowest BCUT2D eigenvalue weighted by molar-refractivity contribution is -0.662. The normalized spacial score (nSPS) is 27.4. The second-order valence-electron chi connectivity index (χ2n) is 9.87. The van der Waals surface area contributed by atoms with Crippen molar-refractivity contribution in [2.45, 2.75) is 63.9 Å². The van der Waals surface area contributed by atoms with Crippen molar-refractivity contribution in [2.24, 2.45) is 11.8 Å². The monoisotopic (exact) mass is 486 g/mol. The summed E-state index contributed by atoms with van der Waals surface area (Å²) in [7, 11) is 0. The first kappa shape index (κ1) is 23.4. The van der Waals surface area contributed by atoms with Gasteiger partial charge in [0, 0.05) is 41.8 Å². The molecule has 1 amide bonds. The van der Waals surface area contributed by atoms with Gasteiger partial charge in [-0.05, 0) is 55.4 Å². The fraction of sp³-hybridized carbons (Fsp3) is 0.560. The molecule has 0 bridgehead atoms. The van der Waals surface area contributed by atoms with Crippen molar-refractivity contribution in [1.82, 2.24) is 0 Å². The highest BCUT2D eigenvalue weighted by atomic mass is 32.1. The number of thiophene rings is 1. The Morgan fingerprint density at radius 2 is 1.79 bits per heavy atom. The highest BCUT2D eigenvalue weighted by molar-refractivity contribution is 7.16. The zero-order valence-electron chi connectivity index (χ0n) is 19.4. The summed E-state index contributed by atoms with van der Waals surface area (Å²) in [4.78, 5) is 28.5. The molecule has 3 heterocycles. The highest BCUT2D eigenvalue weighted by Gasteiger charge is 2.45. The van der Waals surface area contributed by atoms with Gasteiger partial charge in [0.15, 0.2) is 6.29 Å². The number of anilines is 1. The molecule has 0 radical (unpaired) electrons. The molecule has 3 aliphatic rings. The van der Waals surface area contributed by atoms with Gasteiger partial charge in [-0.2, -0.15) is 0 Å². The molecule has 1 aromatic heterocycles. The van der Waals surface area contributed by atoms with Crippen molar-refractivity contribution in [1.29, 1.82) is 0 Å². The summed E-state index contributed by atoms with van der Waals surface area (Å²) in [5, 5.41) is 23.5. The number of hydrogen-bond donors (Lipinski definition) is 2. The molecule has 3 fully saturated rings. The quantitative estimate of drug-likeness (QED) is 0.368. The van der Waals surface area contributed by atoms with E-state index in [1.54, 1.807) is 12.1 Å². The first-order valence-electron chi connectivity index (χ1n) is 12.3. The lowest BCUT2D eigenvalue weighted by atomic mass is 9.82. The lowest BCUT2D eigenvalue weighted by Crippen LogP contribution is -2.87. The Hall–Kier alpha value is -2.33. The number of nitro groups is 1. The van der Waals surface area contributed by atoms with Crippen LogP contribution in [0, 0.1) is 22.0 Å². The molecule has 2 aliphatic heterocycles. The third-order valence-corrected chi connectivity index (χ3v) is 8.70. The Kier molecular flexibility index (Phi) is 6.70. The van der Waals surface area contributed by atoms with Crippen molar-refractivity contribution in [3.8, 4) is 10.4 Å². The third kappa shape index (κ3) is 4.75. The van der Waals surface area contributed by atoms with Crippen LogP contribution in [-0.4, -0.2) is 41.4 Å². The number of aliphatic hydroxyl groups excluding tert-OH is 1. The van der Waals surface area contributed by atoms with Gasteiger partial charge in [-0.1, -0.05) is 6.92 Å². The van der Waals surface area contributed by atoms with Crippen LogP contribution in [0.15, 0.2) is 30.3 Å². The van der Waals surface area contributed by atoms with Crippen molar-refractivity contribution < 1.29 is 24.9 Å². The summed E-state index contributed by atoms with van der Waals surface area (Å²) in [6.07, 6.45) is 4.60. The van der Waals surface area contributed by atoms with E-state index in [4.69, 9.17) is 4.74 Å². The van der Waals surface area contributed by atoms with E-state index in [2.05, 4.69) is 12.2 Å². The van der Waals surface area contributed by atoms with E-state index < -0.39 is 17.3 Å². The average Bonchev–Trinajstić information content (AvgIpc) is 3.42. The summed E-state index contributed by atoms with van der Waals surface area (Å²) < 4.78 is 5.45. The lowest BCUT2D eigenvalue weighted by Gasteiger charge is -2.37. The van der Waals surface area contributed by atoms with Crippen LogP contribution >= 0.6 is 11.3 Å². The van der Waals surface area contributed by atoms with E-state index in [1.165, 1.54) is 23.5 Å². The number of carbonyl (C=O) groups is 1. The molecule has 1 aliphatic carbocycles. The molecule has 34 heavy (non-hydrogen) atoms. The molecule has 3 N–H and O–H groups in total. The first-order chi connectivity index (χ1) is 16.4. The molecule has 9 heteroatoms. The predicted octanol–water partition coefficient (Wildman–Crippen LogP) is 3.60. The van der Waals surface area contributed by atoms with Gasteiger partial charge >= 0.3 is 0 Å². The van der Waals surface area contributed by atoms with Crippen LogP contribution in [0.1, 0.15) is 56.4 Å². The maximum absolute atomic E-state index is 14.0. The number of carbonyl (C=O) groups excluding carboxylic acids is 1. The topological polar surface area (TPSA) is 113 Å². The van der Waals surface area contributed by atoms with Crippen LogP contribution < -0.4 is 10.2 Å². The van der Waals surface area contributed by atoms with Gasteiger partial charge in [-0.3, -0.25) is 14.9 Å². The molecule has 2 aromatic rings. The largest absolute Gasteiger partial charge is 0.365 e. The molecule has 2 saturated heterocycles. The van der Waals surface area contributed by atoms with E-state index >= 15 is 0 Å². The van der Waals surface area contributed by atoms with Gasteiger partial charge in [-0.15, -0.1) is 11.3 Å². The molecule has 1 aromatic carbocycles. The Labute approximate surface area is 203 Å². The van der Waals surface area contributed by atoms with Gasteiger partial charge in [0.05, 0.1) is 28.6 Å². The maximum Gasteiger partial charge on any atom is 0.269 e. The number of non-ortho nitro benzene ring substituents is 1. The summed E-state index contributed by atoms with van der Waals surface area (Å²) in [5.74, 6) is 0.896. The number of benzene rings is 1. The molecule has 0 spiro atoms. The number of epoxide rings is 1. The van der Waals surface area contributed by atoms with Crippen LogP contribution in [0.3, 0.4) is 0 Å². The molecular weight excluding hydrogens is 454 g/mol. The first-order valence-corrected chi connectivity index (χ1v) is 13.1. The number of aliphatic hydroxyl groups is 1. The van der Waals surface area contributed by atoms with Crippen LogP contribution in [0.4, 0.5) is 11.4 Å². The van der Waals surface area contributed by atoms with E-state index in [1.807, 2.05) is 11.0 Å². The Morgan fingerprint density at radius 1 is 1.15 bits per heavy atom. The van der Waals surface area contributed by atoms with Crippen LogP contribution in [0.2, 0.25) is 0 Å². The molecule has 1 saturated carbocycles. The Morgan fingerprint density at radius 3 is 2.38 bits per heavy atom. The Bertz CT molecular complexity index is 1040. The zero-order chi connectivity index (χ0) is 23.8. The van der Waals surface area contributed by atoms with Gasteiger partial charge in [0.25, 0.3) is 5.69 Å². The average molecular weight is 487 g/mol. The fourth-order valence-corrected chi connectivity index (χ4v) is 6.55. The molecule has 2 unspecified atom stereocenters. The van der Waals surface area contributed by atoms with Crippen molar-refractivity contribution >= 4 is 28.6 Å². The van der Waals surface area contributed by atoms with Crippen LogP contribution in [0.25, 0.3) is 10.4 Å². The van der Waals surface area contributed by atoms with Gasteiger partial charge in [-0.25, -0.2) is 0 Å². The summed E-state index contributed by atoms with van der Waals surface area (Å²) >= 11 is 1.50. The number of hydrogen-bond acceptors (Lipinski definition) is 6. The molecule has 2 atom stereocenters. The minimum atomic E-state index is -0.853. The second kappa shape index (κ2) is 9.73. The van der Waals surface area contributed by atoms with Crippen LogP contribution in [-0.2, 0) is 9.53 Å². The standard InChI is InChI=1S/C25H31N3O5S/c1-15-2-4-17(5-3-15)24(29)27(18-10-12-26-13-11-18)20-14-21(34-23(20)22-25(30)33-22)16-6-8-19(9-7-16)28(31)32/h6-9,14-15,17-18,22,25-26,30H,2-5,10-13H2,1H3/p+1. The number of amides is 1. The SMILES string of the molecule is CC1CCC(C(=O)N(c2cc(-c3ccc([N+](=O)[O-])cc3)sc2C2OC2O)C2CC[NH2+]CC2)CC1. The predicted molar refractivity (Wildman–Crippen MR) is 130 cm³/mol. The number of nitrogens with two attached hydrogens (primary N) is 1. The summed E-state index contributed by atoms with van der Waals surface area (Å²) in [6.45, 7) is 4.25. The number of nitrogens with zero attached hydrogens (tertiary/aromatic N) is 2. The van der Waals surface area contributed by atoms with Crippen molar-refractivity contribution in [2.75, 3.05) is 18.0 Å². The minimum absolute atomic E-state index is 0.0303. The summed E-state index contributed by atoms with van der Waals surface area (Å²) in [6, 6.07) is 8.64. The zero-order valence-corrected chi connectivity index (χ0v) is 20.2. The van der Waals surface area contributed by atoms with E-state index in [0.717, 1.165) is 72.6 Å². The Balaban J connectivity index is 1.52. The smallest absolute Gasteiger partial charge is 0.269 e. The highest BCUT2D eigenvalue weighted by Crippen LogP contribution is 2.50. The number of ether oxygens (including phenoxy) is 1. The van der Waals surface area contributed by atoms with Crippen LogP contribution in [0.5, 0.6) is 0 Å². The molecule has 8 nitrogen and oxygen atoms in total.